The van der Waals surface area contributed by atoms with Gasteiger partial charge in [0.1, 0.15) is 0 Å². The molecule has 1 atom stereocenters. The van der Waals surface area contributed by atoms with Gasteiger partial charge in [0, 0.05) is 12.6 Å². The Hall–Kier alpha value is -0.770. The molecule has 2 rings (SSSR count). The number of likely N-dealkylation sites (tertiary alicyclic amines) is 1. The zero-order chi connectivity index (χ0) is 11.4. The average Bonchev–Trinajstić information content (AvgIpc) is 2.39. The SMILES string of the molecule is COC(=O)N1CCCCC1C1CCNCC1. The molecule has 1 unspecified atom stereocenters. The van der Waals surface area contributed by atoms with Crippen molar-refractivity contribution in [2.75, 3.05) is 26.7 Å². The summed E-state index contributed by atoms with van der Waals surface area (Å²) in [7, 11) is 1.48. The van der Waals surface area contributed by atoms with Crippen molar-refractivity contribution in [2.24, 2.45) is 5.92 Å². The molecule has 1 N–H and O–H groups in total. The number of hydrogen-bond donors (Lipinski definition) is 1. The minimum absolute atomic E-state index is 0.136. The molecule has 2 saturated heterocycles. The summed E-state index contributed by atoms with van der Waals surface area (Å²) >= 11 is 0. The van der Waals surface area contributed by atoms with Gasteiger partial charge in [0.15, 0.2) is 0 Å². The predicted octanol–water partition coefficient (Wildman–Crippen LogP) is 1.61. The standard InChI is InChI=1S/C12H22N2O2/c1-16-12(15)14-9-3-2-4-11(14)10-5-7-13-8-6-10/h10-11,13H,2-9H2,1H3. The highest BCUT2D eigenvalue weighted by Gasteiger charge is 2.33. The molecule has 0 spiro atoms. The van der Waals surface area contributed by atoms with Crippen LogP contribution in [0.2, 0.25) is 0 Å². The van der Waals surface area contributed by atoms with E-state index in [4.69, 9.17) is 4.74 Å². The number of amides is 1. The van der Waals surface area contributed by atoms with E-state index in [1.165, 1.54) is 26.4 Å². The summed E-state index contributed by atoms with van der Waals surface area (Å²) in [4.78, 5) is 13.7. The Morgan fingerprint density at radius 2 is 2.00 bits per heavy atom. The lowest BCUT2D eigenvalue weighted by molar-refractivity contribution is 0.0617. The first-order chi connectivity index (χ1) is 7.83. The van der Waals surface area contributed by atoms with Crippen molar-refractivity contribution >= 4 is 6.09 Å². The molecule has 0 saturated carbocycles. The van der Waals surface area contributed by atoms with Crippen molar-refractivity contribution in [3.63, 3.8) is 0 Å². The van der Waals surface area contributed by atoms with E-state index in [-0.39, 0.29) is 6.09 Å². The molecule has 92 valence electrons. The molecule has 2 aliphatic heterocycles. The largest absolute Gasteiger partial charge is 0.453 e. The van der Waals surface area contributed by atoms with Crippen LogP contribution in [0.1, 0.15) is 32.1 Å². The Morgan fingerprint density at radius 1 is 1.25 bits per heavy atom. The molecule has 4 heteroatoms. The molecule has 0 aliphatic carbocycles. The van der Waals surface area contributed by atoms with E-state index in [0.717, 1.165) is 32.5 Å². The topological polar surface area (TPSA) is 41.6 Å². The fourth-order valence-corrected chi connectivity index (χ4v) is 3.02. The molecule has 0 aromatic heterocycles. The van der Waals surface area contributed by atoms with Gasteiger partial charge in [-0.1, -0.05) is 0 Å². The van der Waals surface area contributed by atoms with Crippen LogP contribution in [0.4, 0.5) is 4.79 Å². The highest BCUT2D eigenvalue weighted by Crippen LogP contribution is 2.29. The molecule has 0 radical (unpaired) electrons. The Bertz CT molecular complexity index is 239. The minimum Gasteiger partial charge on any atom is -0.453 e. The number of nitrogens with zero attached hydrogens (tertiary/aromatic N) is 1. The van der Waals surface area contributed by atoms with E-state index in [0.29, 0.717) is 12.0 Å². The molecule has 0 bridgehead atoms. The van der Waals surface area contributed by atoms with Crippen molar-refractivity contribution < 1.29 is 9.53 Å². The van der Waals surface area contributed by atoms with Crippen LogP contribution >= 0.6 is 0 Å². The first-order valence-corrected chi connectivity index (χ1v) is 6.38. The number of piperidine rings is 2. The zero-order valence-electron chi connectivity index (χ0n) is 10.1. The van der Waals surface area contributed by atoms with Gasteiger partial charge in [-0.05, 0) is 51.1 Å². The van der Waals surface area contributed by atoms with Gasteiger partial charge in [-0.2, -0.15) is 0 Å². The summed E-state index contributed by atoms with van der Waals surface area (Å²) in [6.07, 6.45) is 5.78. The third kappa shape index (κ3) is 2.48. The quantitative estimate of drug-likeness (QED) is 0.738. The van der Waals surface area contributed by atoms with E-state index < -0.39 is 0 Å². The van der Waals surface area contributed by atoms with Crippen LogP contribution in [0.25, 0.3) is 0 Å². The predicted molar refractivity (Wildman–Crippen MR) is 62.3 cm³/mol. The Labute approximate surface area is 97.3 Å². The van der Waals surface area contributed by atoms with Crippen LogP contribution in [0.3, 0.4) is 0 Å². The summed E-state index contributed by atoms with van der Waals surface area (Å²) in [5, 5.41) is 3.38. The second-order valence-electron chi connectivity index (χ2n) is 4.81. The second-order valence-corrected chi connectivity index (χ2v) is 4.81. The third-order valence-electron chi connectivity index (χ3n) is 3.89. The first kappa shape index (κ1) is 11.7. The van der Waals surface area contributed by atoms with Crippen LogP contribution < -0.4 is 5.32 Å². The van der Waals surface area contributed by atoms with Crippen LogP contribution in [-0.2, 0) is 4.74 Å². The number of nitrogens with one attached hydrogen (secondary N) is 1. The van der Waals surface area contributed by atoms with Gasteiger partial charge in [0.2, 0.25) is 0 Å². The van der Waals surface area contributed by atoms with Crippen molar-refractivity contribution in [1.29, 1.82) is 0 Å². The van der Waals surface area contributed by atoms with Crippen LogP contribution in [0, 0.1) is 5.92 Å². The van der Waals surface area contributed by atoms with E-state index in [1.54, 1.807) is 0 Å². The molecule has 2 aliphatic rings. The van der Waals surface area contributed by atoms with E-state index in [1.807, 2.05) is 4.90 Å². The number of methoxy groups -OCH3 is 1. The van der Waals surface area contributed by atoms with Crippen LogP contribution in [-0.4, -0.2) is 43.8 Å². The maximum absolute atomic E-state index is 11.7. The second kappa shape index (κ2) is 5.53. The monoisotopic (exact) mass is 226 g/mol. The fraction of sp³-hybridized carbons (Fsp3) is 0.917. The first-order valence-electron chi connectivity index (χ1n) is 6.38. The third-order valence-corrected chi connectivity index (χ3v) is 3.89. The normalized spacial score (nSPS) is 27.8. The lowest BCUT2D eigenvalue weighted by Gasteiger charge is -2.41. The summed E-state index contributed by atoms with van der Waals surface area (Å²) < 4.78 is 4.88. The van der Waals surface area contributed by atoms with Crippen molar-refractivity contribution in [3.05, 3.63) is 0 Å². The maximum atomic E-state index is 11.7. The summed E-state index contributed by atoms with van der Waals surface area (Å²) in [6, 6.07) is 0.420. The molecule has 2 heterocycles. The van der Waals surface area contributed by atoms with Gasteiger partial charge in [0.05, 0.1) is 7.11 Å². The number of carbonyl (C=O) groups excluding carboxylic acids is 1. The highest BCUT2D eigenvalue weighted by molar-refractivity contribution is 5.68. The van der Waals surface area contributed by atoms with E-state index in [9.17, 15) is 4.79 Å². The molecule has 0 aromatic carbocycles. The van der Waals surface area contributed by atoms with E-state index >= 15 is 0 Å². The van der Waals surface area contributed by atoms with Crippen LogP contribution in [0.5, 0.6) is 0 Å². The summed E-state index contributed by atoms with van der Waals surface area (Å²) in [5.41, 5.74) is 0. The van der Waals surface area contributed by atoms with Crippen LogP contribution in [0.15, 0.2) is 0 Å². The highest BCUT2D eigenvalue weighted by atomic mass is 16.5. The average molecular weight is 226 g/mol. The van der Waals surface area contributed by atoms with Crippen molar-refractivity contribution in [2.45, 2.75) is 38.1 Å². The number of rotatable bonds is 1. The summed E-state index contributed by atoms with van der Waals surface area (Å²) in [5.74, 6) is 0.667. The molecule has 4 nitrogen and oxygen atoms in total. The van der Waals surface area contributed by atoms with Gasteiger partial charge in [-0.15, -0.1) is 0 Å². The smallest absolute Gasteiger partial charge is 0.409 e. The Balaban J connectivity index is 2.00. The molecular weight excluding hydrogens is 204 g/mol. The van der Waals surface area contributed by atoms with Gasteiger partial charge < -0.3 is 15.0 Å². The fourth-order valence-electron chi connectivity index (χ4n) is 3.02. The lowest BCUT2D eigenvalue weighted by atomic mass is 9.84. The Kier molecular flexibility index (Phi) is 4.04. The summed E-state index contributed by atoms with van der Waals surface area (Å²) in [6.45, 7) is 3.06. The van der Waals surface area contributed by atoms with Gasteiger partial charge in [-0.25, -0.2) is 4.79 Å². The Morgan fingerprint density at radius 3 is 2.69 bits per heavy atom. The zero-order valence-corrected chi connectivity index (χ0v) is 10.1. The molecular formula is C12H22N2O2. The van der Waals surface area contributed by atoms with Crippen molar-refractivity contribution in [3.8, 4) is 0 Å². The van der Waals surface area contributed by atoms with Gasteiger partial charge >= 0.3 is 6.09 Å². The molecule has 16 heavy (non-hydrogen) atoms. The molecule has 0 aromatic rings. The molecule has 1 amide bonds. The number of ether oxygens (including phenoxy) is 1. The number of hydrogen-bond acceptors (Lipinski definition) is 3. The van der Waals surface area contributed by atoms with Gasteiger partial charge in [-0.3, -0.25) is 0 Å². The van der Waals surface area contributed by atoms with Gasteiger partial charge in [0.25, 0.3) is 0 Å². The molecule has 2 fully saturated rings. The minimum atomic E-state index is -0.136. The van der Waals surface area contributed by atoms with Crippen molar-refractivity contribution in [1.82, 2.24) is 10.2 Å². The number of carbonyl (C=O) groups is 1. The maximum Gasteiger partial charge on any atom is 0.409 e. The van der Waals surface area contributed by atoms with E-state index in [2.05, 4.69) is 5.32 Å². The lowest BCUT2D eigenvalue weighted by Crippen LogP contribution is -2.49.